The number of fused-ring (bicyclic) bond motifs is 7. The lowest BCUT2D eigenvalue weighted by atomic mass is 10.2. The number of aromatic amines is 1. The number of hydrogen-bond donors (Lipinski definition) is 8. The van der Waals surface area contributed by atoms with E-state index in [0.717, 1.165) is 88.4 Å². The van der Waals surface area contributed by atoms with Gasteiger partial charge in [-0.1, -0.05) is 146 Å². The maximum absolute atomic E-state index is 12.0. The molecule has 28 heteroatoms. The first kappa shape index (κ1) is 73.5. The highest BCUT2D eigenvalue weighted by atomic mass is 32.1. The van der Waals surface area contributed by atoms with E-state index in [0.29, 0.717) is 63.0 Å². The number of anilines is 7. The molecule has 0 spiro atoms. The zero-order valence-corrected chi connectivity index (χ0v) is 59.4. The van der Waals surface area contributed by atoms with Gasteiger partial charge in [-0.3, -0.25) is 13.7 Å². The van der Waals surface area contributed by atoms with E-state index in [1.807, 2.05) is 247 Å². The first-order valence-electron chi connectivity index (χ1n) is 32.4. The van der Waals surface area contributed by atoms with Crippen LogP contribution in [0.4, 0.5) is 40.7 Å². The highest BCUT2D eigenvalue weighted by Gasteiger charge is 2.12. The van der Waals surface area contributed by atoms with Crippen molar-refractivity contribution < 1.29 is 0 Å². The Morgan fingerprint density at radius 3 is 1.03 bits per heavy atom. The molecular weight excluding hydrogens is 1370 g/mol. The summed E-state index contributed by atoms with van der Waals surface area (Å²) < 4.78 is 12.1. The van der Waals surface area contributed by atoms with Gasteiger partial charge in [0.1, 0.15) is 40.7 Å². The van der Waals surface area contributed by atoms with Crippen molar-refractivity contribution in [2.45, 2.75) is 40.0 Å². The highest BCUT2D eigenvalue weighted by molar-refractivity contribution is 7.71. The Morgan fingerprint density at radius 2 is 0.587 bits per heavy atom. The molecule has 15 N–H and O–H groups in total. The van der Waals surface area contributed by atoms with Crippen LogP contribution in [0.3, 0.4) is 0 Å². The normalized spacial score (nSPS) is 10.6. The summed E-state index contributed by atoms with van der Waals surface area (Å²) in [7, 11) is 3.56. The van der Waals surface area contributed by atoms with E-state index in [-0.39, 0.29) is 28.7 Å². The SMILES string of the molecule is CCn1c(=O)nc(N)c2ccccc21.CCn1c(=S)nc(N)c2ccccc21.Cn1c(=O)nc(N)c2ccccc21.Cn1c(=S)nc(N)c2ccccc21.Nc1nc(=O)[nH]c2ccccc12.Nc1nc(=O)n(Cc2ccccc2)c2ccccc12.Nc1nc(=S)n(Cc2ccccc2)c2ccccc12. The second kappa shape index (κ2) is 33.8. The fourth-order valence-corrected chi connectivity index (χ4v) is 12.0. The predicted molar refractivity (Wildman–Crippen MR) is 427 cm³/mol. The topological polar surface area (TPSA) is 386 Å². The summed E-state index contributed by atoms with van der Waals surface area (Å²) in [4.78, 5) is 75.5. The molecule has 0 radical (unpaired) electrons. The van der Waals surface area contributed by atoms with Crippen molar-refractivity contribution >= 4 is 154 Å². The zero-order chi connectivity index (χ0) is 74.1. The van der Waals surface area contributed by atoms with Crippen molar-refractivity contribution in [2.24, 2.45) is 14.1 Å². The molecule has 0 aliphatic carbocycles. The van der Waals surface area contributed by atoms with Crippen LogP contribution in [0.25, 0.3) is 76.3 Å². The van der Waals surface area contributed by atoms with Gasteiger partial charge in [0, 0.05) is 64.9 Å². The van der Waals surface area contributed by atoms with Crippen molar-refractivity contribution in [2.75, 3.05) is 40.1 Å². The van der Waals surface area contributed by atoms with Gasteiger partial charge in [0.15, 0.2) is 0 Å². The quantitative estimate of drug-likeness (QED) is 0.0717. The lowest BCUT2D eigenvalue weighted by Gasteiger charge is -2.12. The van der Waals surface area contributed by atoms with Gasteiger partial charge >= 0.3 is 22.8 Å². The van der Waals surface area contributed by atoms with Crippen LogP contribution in [0.5, 0.6) is 0 Å². The van der Waals surface area contributed by atoms with Gasteiger partial charge in [0.2, 0.25) is 14.3 Å². The van der Waals surface area contributed by atoms with Gasteiger partial charge in [-0.05, 0) is 147 Å². The minimum Gasteiger partial charge on any atom is -0.383 e. The average molecular weight is 1440 g/mol. The molecule has 7 aromatic heterocycles. The number of nitrogens with one attached hydrogen (secondary N) is 1. The number of hydrogen-bond acceptors (Lipinski definition) is 21. The summed E-state index contributed by atoms with van der Waals surface area (Å²) >= 11 is 15.5. The Morgan fingerprint density at radius 1 is 0.298 bits per heavy atom. The van der Waals surface area contributed by atoms with E-state index in [1.165, 1.54) is 10.1 Å². The van der Waals surface area contributed by atoms with Gasteiger partial charge in [-0.2, -0.15) is 19.9 Å². The Balaban J connectivity index is 0.000000131. The van der Waals surface area contributed by atoms with Crippen LogP contribution >= 0.6 is 36.7 Å². The summed E-state index contributed by atoms with van der Waals surface area (Å²) in [5, 5.41) is 6.06. The third-order valence-corrected chi connectivity index (χ3v) is 17.4. The Kier molecular flexibility index (Phi) is 23.9. The van der Waals surface area contributed by atoms with E-state index in [1.54, 1.807) is 22.2 Å². The lowest BCUT2D eigenvalue weighted by molar-refractivity contribution is 0.733. The molecule has 0 atom stereocenters. The number of para-hydroxylation sites is 7. The van der Waals surface area contributed by atoms with Gasteiger partial charge < -0.3 is 58.8 Å². The minimum atomic E-state index is -0.411. The molecule has 16 rings (SSSR count). The van der Waals surface area contributed by atoms with E-state index < -0.39 is 5.69 Å². The first-order valence-corrected chi connectivity index (χ1v) is 33.6. The molecule has 104 heavy (non-hydrogen) atoms. The molecular formula is C76H73N21O4S3. The molecule has 0 aliphatic heterocycles. The molecule has 0 unspecified atom stereocenters. The Labute approximate surface area is 609 Å². The van der Waals surface area contributed by atoms with Crippen molar-refractivity contribution in [3.8, 4) is 0 Å². The van der Waals surface area contributed by atoms with Crippen LogP contribution in [-0.4, -0.2) is 67.3 Å². The van der Waals surface area contributed by atoms with Crippen LogP contribution < -0.4 is 62.9 Å². The second-order valence-electron chi connectivity index (χ2n) is 23.0. The van der Waals surface area contributed by atoms with Crippen molar-refractivity contribution in [1.82, 2.24) is 67.3 Å². The molecule has 0 aliphatic rings. The molecule has 0 fully saturated rings. The Hall–Kier alpha value is -13.2. The van der Waals surface area contributed by atoms with Crippen LogP contribution in [-0.2, 0) is 40.3 Å². The summed E-state index contributed by atoms with van der Waals surface area (Å²) in [6, 6.07) is 73.4. The van der Waals surface area contributed by atoms with Crippen LogP contribution in [0, 0.1) is 14.3 Å². The second-order valence-corrected chi connectivity index (χ2v) is 24.1. The monoisotopic (exact) mass is 1440 g/mol. The van der Waals surface area contributed by atoms with E-state index in [2.05, 4.69) is 52.0 Å². The number of nitrogens with two attached hydrogens (primary N) is 7. The van der Waals surface area contributed by atoms with Gasteiger partial charge in [0.05, 0.1) is 51.7 Å². The van der Waals surface area contributed by atoms with Crippen LogP contribution in [0.15, 0.2) is 250 Å². The summed E-state index contributed by atoms with van der Waals surface area (Å²) in [6.07, 6.45) is 0. The van der Waals surface area contributed by atoms with Gasteiger partial charge in [-0.25, -0.2) is 34.1 Å². The summed E-state index contributed by atoms with van der Waals surface area (Å²) in [6.45, 7) is 6.56. The minimum absolute atomic E-state index is 0.273. The molecule has 0 saturated carbocycles. The highest BCUT2D eigenvalue weighted by Crippen LogP contribution is 2.24. The maximum atomic E-state index is 12.0. The number of H-pyrrole nitrogens is 1. The number of aromatic nitrogens is 14. The Bertz CT molecular complexity index is 5910. The summed E-state index contributed by atoms with van der Waals surface area (Å²) in [5.74, 6) is 2.65. The molecule has 0 amide bonds. The third-order valence-electron chi connectivity index (χ3n) is 16.4. The fourth-order valence-electron chi connectivity index (χ4n) is 11.2. The number of nitrogens with zero attached hydrogens (tertiary/aromatic N) is 13. The first-order chi connectivity index (χ1) is 50.1. The number of nitrogen functional groups attached to an aromatic ring is 7. The largest absolute Gasteiger partial charge is 0.383 e. The molecule has 0 saturated heterocycles. The number of aryl methyl sites for hydroxylation is 4. The van der Waals surface area contributed by atoms with Crippen LogP contribution in [0.2, 0.25) is 0 Å². The van der Waals surface area contributed by atoms with Crippen molar-refractivity contribution in [3.63, 3.8) is 0 Å². The van der Waals surface area contributed by atoms with Crippen LogP contribution in [0.1, 0.15) is 25.0 Å². The molecule has 524 valence electrons. The smallest absolute Gasteiger partial charge is 0.350 e. The molecule has 16 aromatic rings. The van der Waals surface area contributed by atoms with Gasteiger partial charge in [-0.15, -0.1) is 0 Å². The van der Waals surface area contributed by atoms with Crippen molar-refractivity contribution in [3.05, 3.63) is 298 Å². The average Bonchev–Trinajstić information content (AvgIpc) is 0.798. The summed E-state index contributed by atoms with van der Waals surface area (Å²) in [5.41, 5.74) is 47.2. The predicted octanol–water partition coefficient (Wildman–Crippen LogP) is 11.7. The molecule has 9 aromatic carbocycles. The number of benzene rings is 9. The fraction of sp³-hybridized carbons (Fsp3) is 0.105. The lowest BCUT2D eigenvalue weighted by Crippen LogP contribution is -2.25. The van der Waals surface area contributed by atoms with Crippen molar-refractivity contribution in [1.29, 1.82) is 0 Å². The molecule has 25 nitrogen and oxygen atoms in total. The molecule has 0 bridgehead atoms. The van der Waals surface area contributed by atoms with E-state index in [9.17, 15) is 19.2 Å². The van der Waals surface area contributed by atoms with E-state index in [4.69, 9.17) is 76.8 Å². The maximum Gasteiger partial charge on any atom is 0.350 e. The standard InChI is InChI=1S/C15H13N3O.C15H13N3S.C10H11N3O.C10H11N3S.C9H9N3O.C9H9N3S.C8H7N3O/c2*16-14-12-8-4-5-9-13(12)18(15(19)17-14)10-11-6-2-1-3-7-11;2*1-2-13-8-6-4-3-5-7(8)9(11)12-10(13)14;2*1-12-7-5-3-2-4-6(7)8(10)11-9(12)13;9-7-5-3-1-2-4-6(5)10-8(12)11-7/h2*1-9H,10H2,(H2,16,17,19);2*3-6H,2H2,1H3,(H2,11,12,14);2*2-5H,1H3,(H2,10,11,13);1-4H,(H3,9,10,11,12). The third kappa shape index (κ3) is 17.2. The van der Waals surface area contributed by atoms with E-state index >= 15 is 0 Å². The number of rotatable bonds is 6. The molecule has 7 heterocycles. The zero-order valence-electron chi connectivity index (χ0n) is 57.0. The van der Waals surface area contributed by atoms with Gasteiger partial charge in [0.25, 0.3) is 0 Å².